The highest BCUT2D eigenvalue weighted by Crippen LogP contribution is 2.35. The third-order valence-electron chi connectivity index (χ3n) is 5.22. The Morgan fingerprint density at radius 3 is 2.12 bits per heavy atom. The molecule has 0 aliphatic heterocycles. The SMILES string of the molecule is COc1cc(C)c(C(=O)Oc2cc(C)c(C(=O)OCc3ccccc3)c(O)c2)c(OC)c1C. The predicted octanol–water partition coefficient (Wildman–Crippen LogP) is 4.91. The Morgan fingerprint density at radius 2 is 1.52 bits per heavy atom. The number of esters is 2. The molecule has 3 aromatic carbocycles. The van der Waals surface area contributed by atoms with Crippen molar-refractivity contribution in [1.29, 1.82) is 0 Å². The number of phenols is 1. The molecule has 0 saturated carbocycles. The number of benzene rings is 3. The van der Waals surface area contributed by atoms with Gasteiger partial charge >= 0.3 is 11.9 Å². The molecule has 0 aliphatic rings. The first-order chi connectivity index (χ1) is 15.8. The molecule has 0 saturated heterocycles. The van der Waals surface area contributed by atoms with E-state index in [1.54, 1.807) is 26.8 Å². The van der Waals surface area contributed by atoms with Gasteiger partial charge in [0.15, 0.2) is 0 Å². The highest BCUT2D eigenvalue weighted by molar-refractivity contribution is 5.97. The number of aryl methyl sites for hydroxylation is 2. The van der Waals surface area contributed by atoms with Crippen molar-refractivity contribution in [1.82, 2.24) is 0 Å². The van der Waals surface area contributed by atoms with Gasteiger partial charge in [0.1, 0.15) is 40.7 Å². The minimum atomic E-state index is -0.671. The Bertz CT molecular complexity index is 1160. The first-order valence-electron chi connectivity index (χ1n) is 10.3. The molecule has 1 N–H and O–H groups in total. The maximum Gasteiger partial charge on any atom is 0.347 e. The van der Waals surface area contributed by atoms with E-state index in [2.05, 4.69) is 0 Å². The molecule has 172 valence electrons. The van der Waals surface area contributed by atoms with E-state index in [4.69, 9.17) is 18.9 Å². The van der Waals surface area contributed by atoms with Crippen LogP contribution in [0.5, 0.6) is 23.0 Å². The summed E-state index contributed by atoms with van der Waals surface area (Å²) >= 11 is 0. The van der Waals surface area contributed by atoms with E-state index in [9.17, 15) is 14.7 Å². The third-order valence-corrected chi connectivity index (χ3v) is 5.22. The topological polar surface area (TPSA) is 91.3 Å². The van der Waals surface area contributed by atoms with Gasteiger partial charge in [0.2, 0.25) is 0 Å². The van der Waals surface area contributed by atoms with E-state index in [-0.39, 0.29) is 29.2 Å². The average Bonchev–Trinajstić information content (AvgIpc) is 2.78. The summed E-state index contributed by atoms with van der Waals surface area (Å²) in [6.45, 7) is 5.22. The highest BCUT2D eigenvalue weighted by Gasteiger charge is 2.24. The van der Waals surface area contributed by atoms with E-state index in [1.165, 1.54) is 26.4 Å². The summed E-state index contributed by atoms with van der Waals surface area (Å²) in [7, 11) is 3.00. The Hall–Kier alpha value is -4.00. The Balaban J connectivity index is 1.82. The van der Waals surface area contributed by atoms with Crippen LogP contribution in [0.3, 0.4) is 0 Å². The molecule has 0 amide bonds. The largest absolute Gasteiger partial charge is 0.507 e. The quantitative estimate of drug-likeness (QED) is 0.404. The maximum atomic E-state index is 13.0. The van der Waals surface area contributed by atoms with Crippen molar-refractivity contribution in [2.45, 2.75) is 27.4 Å². The van der Waals surface area contributed by atoms with E-state index in [0.29, 0.717) is 28.2 Å². The molecular formula is C26H26O7. The van der Waals surface area contributed by atoms with Crippen molar-refractivity contribution < 1.29 is 33.6 Å². The summed E-state index contributed by atoms with van der Waals surface area (Å²) in [6.07, 6.45) is 0. The predicted molar refractivity (Wildman–Crippen MR) is 122 cm³/mol. The van der Waals surface area contributed by atoms with Crippen molar-refractivity contribution >= 4 is 11.9 Å². The fourth-order valence-electron chi connectivity index (χ4n) is 3.59. The zero-order valence-electron chi connectivity index (χ0n) is 19.2. The normalized spacial score (nSPS) is 10.5. The van der Waals surface area contributed by atoms with Crippen LogP contribution in [0.15, 0.2) is 48.5 Å². The zero-order chi connectivity index (χ0) is 24.1. The number of carbonyl (C=O) groups is 2. The molecule has 0 unspecified atom stereocenters. The standard InChI is InChI=1S/C26H26O7/c1-15-11-19(13-20(27)22(15)25(28)32-14-18-9-7-6-8-10-18)33-26(29)23-16(2)12-21(30-4)17(3)24(23)31-5/h6-13,27H,14H2,1-5H3. The van der Waals surface area contributed by atoms with Crippen LogP contribution in [0.25, 0.3) is 0 Å². The molecule has 3 aromatic rings. The Morgan fingerprint density at radius 1 is 0.848 bits per heavy atom. The fraction of sp³-hybridized carbons (Fsp3) is 0.231. The smallest absolute Gasteiger partial charge is 0.347 e. The lowest BCUT2D eigenvalue weighted by atomic mass is 10.0. The number of hydrogen-bond donors (Lipinski definition) is 1. The van der Waals surface area contributed by atoms with Gasteiger partial charge in [-0.15, -0.1) is 0 Å². The molecule has 0 bridgehead atoms. The molecule has 0 aromatic heterocycles. The third kappa shape index (κ3) is 5.09. The molecule has 3 rings (SSSR count). The number of rotatable bonds is 7. The summed E-state index contributed by atoms with van der Waals surface area (Å²) in [6, 6.07) is 13.7. The van der Waals surface area contributed by atoms with Crippen LogP contribution in [-0.4, -0.2) is 31.3 Å². The van der Waals surface area contributed by atoms with Crippen LogP contribution < -0.4 is 14.2 Å². The number of methoxy groups -OCH3 is 2. The summed E-state index contributed by atoms with van der Waals surface area (Å²) in [5, 5.41) is 10.5. The second kappa shape index (κ2) is 10.1. The number of aromatic hydroxyl groups is 1. The summed E-state index contributed by atoms with van der Waals surface area (Å²) in [4.78, 5) is 25.5. The van der Waals surface area contributed by atoms with E-state index >= 15 is 0 Å². The van der Waals surface area contributed by atoms with Crippen LogP contribution in [0.1, 0.15) is 43.0 Å². The minimum Gasteiger partial charge on any atom is -0.507 e. The van der Waals surface area contributed by atoms with Crippen molar-refractivity contribution in [3.63, 3.8) is 0 Å². The van der Waals surface area contributed by atoms with Gasteiger partial charge in [0.05, 0.1) is 14.2 Å². The van der Waals surface area contributed by atoms with Crippen molar-refractivity contribution in [2.75, 3.05) is 14.2 Å². The summed E-state index contributed by atoms with van der Waals surface area (Å²) < 4.78 is 21.6. The van der Waals surface area contributed by atoms with Crippen molar-refractivity contribution in [2.24, 2.45) is 0 Å². The maximum absolute atomic E-state index is 13.0. The lowest BCUT2D eigenvalue weighted by Crippen LogP contribution is -2.14. The molecule has 0 aliphatic carbocycles. The first kappa shape index (κ1) is 23.7. The molecule has 0 heterocycles. The summed E-state index contributed by atoms with van der Waals surface area (Å²) in [5.74, 6) is -0.648. The van der Waals surface area contributed by atoms with Crippen LogP contribution >= 0.6 is 0 Å². The van der Waals surface area contributed by atoms with Gasteiger partial charge in [-0.25, -0.2) is 9.59 Å². The van der Waals surface area contributed by atoms with E-state index in [0.717, 1.165) is 5.56 Å². The fourth-order valence-corrected chi connectivity index (χ4v) is 3.59. The van der Waals surface area contributed by atoms with Gasteiger partial charge in [-0.3, -0.25) is 0 Å². The zero-order valence-corrected chi connectivity index (χ0v) is 19.2. The van der Waals surface area contributed by atoms with Crippen LogP contribution in [0, 0.1) is 20.8 Å². The van der Waals surface area contributed by atoms with Gasteiger partial charge in [0.25, 0.3) is 0 Å². The summed E-state index contributed by atoms with van der Waals surface area (Å²) in [5.41, 5.74) is 2.77. The number of carbonyl (C=O) groups excluding carboxylic acids is 2. The molecule has 33 heavy (non-hydrogen) atoms. The molecule has 0 spiro atoms. The molecule has 7 nitrogen and oxygen atoms in total. The second-order valence-corrected chi connectivity index (χ2v) is 7.51. The Kier molecular flexibility index (Phi) is 7.23. The van der Waals surface area contributed by atoms with Crippen LogP contribution in [0.4, 0.5) is 0 Å². The molecule has 0 fully saturated rings. The molecule has 0 atom stereocenters. The van der Waals surface area contributed by atoms with Crippen molar-refractivity contribution in [3.8, 4) is 23.0 Å². The van der Waals surface area contributed by atoms with Gasteiger partial charge in [-0.2, -0.15) is 0 Å². The van der Waals surface area contributed by atoms with Crippen molar-refractivity contribution in [3.05, 3.63) is 81.9 Å². The van der Waals surface area contributed by atoms with Gasteiger partial charge in [0, 0.05) is 11.6 Å². The van der Waals surface area contributed by atoms with Gasteiger partial charge in [-0.1, -0.05) is 30.3 Å². The minimum absolute atomic E-state index is 0.0137. The first-order valence-corrected chi connectivity index (χ1v) is 10.3. The van der Waals surface area contributed by atoms with E-state index in [1.807, 2.05) is 30.3 Å². The van der Waals surface area contributed by atoms with Gasteiger partial charge in [-0.05, 0) is 49.6 Å². The van der Waals surface area contributed by atoms with Crippen LogP contribution in [-0.2, 0) is 11.3 Å². The average molecular weight is 450 g/mol. The second-order valence-electron chi connectivity index (χ2n) is 7.51. The van der Waals surface area contributed by atoms with E-state index < -0.39 is 11.9 Å². The molecule has 7 heteroatoms. The molecular weight excluding hydrogens is 424 g/mol. The number of ether oxygens (including phenoxy) is 4. The van der Waals surface area contributed by atoms with Gasteiger partial charge < -0.3 is 24.1 Å². The monoisotopic (exact) mass is 450 g/mol. The Labute approximate surface area is 192 Å². The molecule has 0 radical (unpaired) electrons. The highest BCUT2D eigenvalue weighted by atomic mass is 16.5. The number of phenolic OH excluding ortho intramolecular Hbond substituents is 1. The lowest BCUT2D eigenvalue weighted by Gasteiger charge is -2.17. The van der Waals surface area contributed by atoms with Crippen LogP contribution in [0.2, 0.25) is 0 Å². The lowest BCUT2D eigenvalue weighted by molar-refractivity contribution is 0.0468. The number of hydrogen-bond acceptors (Lipinski definition) is 7.